The number of esters is 1. The van der Waals surface area contributed by atoms with Crippen LogP contribution in [0.3, 0.4) is 0 Å². The Morgan fingerprint density at radius 2 is 1.54 bits per heavy atom. The molecule has 0 radical (unpaired) electrons. The van der Waals surface area contributed by atoms with Crippen LogP contribution < -0.4 is 4.74 Å². The van der Waals surface area contributed by atoms with E-state index < -0.39 is 5.97 Å². The second kappa shape index (κ2) is 14.7. The highest BCUT2D eigenvalue weighted by atomic mass is 16.5. The van der Waals surface area contributed by atoms with Crippen molar-refractivity contribution in [2.75, 3.05) is 0 Å². The summed E-state index contributed by atoms with van der Waals surface area (Å²) in [6.07, 6.45) is 18.6. The first-order valence-corrected chi connectivity index (χ1v) is 14.0. The molecule has 0 unspecified atom stereocenters. The molecule has 0 bridgehead atoms. The van der Waals surface area contributed by atoms with E-state index in [4.69, 9.17) is 4.74 Å². The number of aryl methyl sites for hydroxylation is 1. The van der Waals surface area contributed by atoms with E-state index in [2.05, 4.69) is 25.1 Å². The second-order valence-electron chi connectivity index (χ2n) is 10.3. The van der Waals surface area contributed by atoms with Crippen molar-refractivity contribution in [1.82, 2.24) is 0 Å². The maximum atomic E-state index is 12.6. The lowest BCUT2D eigenvalue weighted by atomic mass is 9.77. The summed E-state index contributed by atoms with van der Waals surface area (Å²) in [6.45, 7) is 4.31. The van der Waals surface area contributed by atoms with Gasteiger partial charge in [-0.05, 0) is 79.3 Å². The first kappa shape index (κ1) is 27.0. The molecular weight excluding hydrogens is 430 g/mol. The fourth-order valence-corrected chi connectivity index (χ4v) is 5.37. The van der Waals surface area contributed by atoms with Crippen LogP contribution in [0.2, 0.25) is 0 Å². The Hall–Kier alpha value is -2.60. The van der Waals surface area contributed by atoms with E-state index in [0.29, 0.717) is 22.8 Å². The summed E-state index contributed by atoms with van der Waals surface area (Å²) < 4.78 is 5.54. The number of carbonyl (C=O) groups excluding carboxylic acids is 1. The largest absolute Gasteiger partial charge is 0.422 e. The van der Waals surface area contributed by atoms with Crippen LogP contribution >= 0.6 is 0 Å². The minimum Gasteiger partial charge on any atom is -0.422 e. The number of nitriles is 1. The van der Waals surface area contributed by atoms with Gasteiger partial charge >= 0.3 is 5.97 Å². The van der Waals surface area contributed by atoms with Crippen LogP contribution in [-0.2, 0) is 6.42 Å². The summed E-state index contributed by atoms with van der Waals surface area (Å²) in [5.41, 5.74) is 3.31. The quantitative estimate of drug-likeness (QED) is 0.165. The van der Waals surface area contributed by atoms with Gasteiger partial charge in [-0.2, -0.15) is 5.26 Å². The molecule has 3 heteroatoms. The van der Waals surface area contributed by atoms with Crippen molar-refractivity contribution in [1.29, 1.82) is 5.26 Å². The van der Waals surface area contributed by atoms with Crippen molar-refractivity contribution in [2.24, 2.45) is 5.92 Å². The van der Waals surface area contributed by atoms with Crippen LogP contribution in [0.25, 0.3) is 0 Å². The monoisotopic (exact) mass is 473 g/mol. The van der Waals surface area contributed by atoms with Gasteiger partial charge in [0.05, 0.1) is 11.1 Å². The third-order valence-electron chi connectivity index (χ3n) is 7.71. The molecule has 0 aromatic heterocycles. The number of benzene rings is 2. The van der Waals surface area contributed by atoms with Crippen molar-refractivity contribution in [3.05, 3.63) is 64.7 Å². The highest BCUT2D eigenvalue weighted by Gasteiger charge is 2.22. The fraction of sp³-hybridized carbons (Fsp3) is 0.562. The molecule has 2 aromatic carbocycles. The van der Waals surface area contributed by atoms with Gasteiger partial charge < -0.3 is 4.74 Å². The van der Waals surface area contributed by atoms with Crippen LogP contribution in [0.4, 0.5) is 0 Å². The Balaban J connectivity index is 1.40. The van der Waals surface area contributed by atoms with Gasteiger partial charge in [0, 0.05) is 0 Å². The van der Waals surface area contributed by atoms with Crippen LogP contribution in [0, 0.1) is 17.2 Å². The number of hydrogen-bond acceptors (Lipinski definition) is 3. The first-order chi connectivity index (χ1) is 17.1. The maximum Gasteiger partial charge on any atom is 0.343 e. The molecule has 0 amide bonds. The molecule has 1 fully saturated rings. The van der Waals surface area contributed by atoms with Crippen LogP contribution in [-0.4, -0.2) is 5.97 Å². The molecule has 0 saturated heterocycles. The summed E-state index contributed by atoms with van der Waals surface area (Å²) in [7, 11) is 0. The summed E-state index contributed by atoms with van der Waals surface area (Å²) in [5.74, 6) is 1.41. The van der Waals surface area contributed by atoms with Gasteiger partial charge in [0.15, 0.2) is 0 Å². The van der Waals surface area contributed by atoms with E-state index >= 15 is 0 Å². The van der Waals surface area contributed by atoms with Gasteiger partial charge in [-0.1, -0.05) is 89.8 Å². The van der Waals surface area contributed by atoms with Gasteiger partial charge in [-0.25, -0.2) is 4.79 Å². The summed E-state index contributed by atoms with van der Waals surface area (Å²) >= 11 is 0. The average molecular weight is 474 g/mol. The van der Waals surface area contributed by atoms with Crippen molar-refractivity contribution in [3.63, 3.8) is 0 Å². The minimum absolute atomic E-state index is 0.327. The SMILES string of the molecule is CCCCCCCCCCC1CCC(c2ccc(C(=O)Oc3ccc(CC)cc3C#N)cc2)CC1. The van der Waals surface area contributed by atoms with E-state index in [0.717, 1.165) is 17.9 Å². The molecule has 2 aromatic rings. The second-order valence-corrected chi connectivity index (χ2v) is 10.3. The molecule has 1 aliphatic carbocycles. The van der Waals surface area contributed by atoms with Crippen LogP contribution in [0.5, 0.6) is 5.75 Å². The molecule has 0 aliphatic heterocycles. The normalized spacial score (nSPS) is 17.6. The number of carbonyl (C=O) groups is 1. The lowest BCUT2D eigenvalue weighted by Gasteiger charge is -2.29. The van der Waals surface area contributed by atoms with E-state index in [1.807, 2.05) is 25.1 Å². The van der Waals surface area contributed by atoms with Crippen molar-refractivity contribution < 1.29 is 9.53 Å². The number of nitrogens with zero attached hydrogens (tertiary/aromatic N) is 1. The Kier molecular flexibility index (Phi) is 11.4. The van der Waals surface area contributed by atoms with Gasteiger partial charge in [0.25, 0.3) is 0 Å². The van der Waals surface area contributed by atoms with Crippen molar-refractivity contribution in [3.8, 4) is 11.8 Å². The Bertz CT molecular complexity index is 949. The Labute approximate surface area is 212 Å². The maximum absolute atomic E-state index is 12.6. The molecule has 0 spiro atoms. The van der Waals surface area contributed by atoms with Crippen molar-refractivity contribution >= 4 is 5.97 Å². The Morgan fingerprint density at radius 3 is 2.17 bits per heavy atom. The first-order valence-electron chi connectivity index (χ1n) is 14.0. The van der Waals surface area contributed by atoms with E-state index in [9.17, 15) is 10.1 Å². The van der Waals surface area contributed by atoms with Crippen molar-refractivity contribution in [2.45, 2.75) is 110 Å². The molecule has 3 nitrogen and oxygen atoms in total. The van der Waals surface area contributed by atoms with Gasteiger partial charge in [0.2, 0.25) is 0 Å². The molecule has 35 heavy (non-hydrogen) atoms. The van der Waals surface area contributed by atoms with Gasteiger partial charge in [0.1, 0.15) is 11.8 Å². The third kappa shape index (κ3) is 8.53. The fourth-order valence-electron chi connectivity index (χ4n) is 5.37. The standard InChI is InChI=1S/C32H43NO2/c1-3-5-6-7-8-9-10-11-12-26-13-16-27(17-14-26)28-18-20-29(21-19-28)32(34)35-31-22-15-25(4-2)23-30(31)24-33/h15,18-23,26-27H,3-14,16-17H2,1-2H3. The molecule has 1 saturated carbocycles. The predicted octanol–water partition coefficient (Wildman–Crippen LogP) is 9.14. The third-order valence-corrected chi connectivity index (χ3v) is 7.71. The number of ether oxygens (including phenoxy) is 1. The molecule has 188 valence electrons. The molecule has 0 atom stereocenters. The molecule has 0 heterocycles. The van der Waals surface area contributed by atoms with E-state index in [-0.39, 0.29) is 0 Å². The highest BCUT2D eigenvalue weighted by Crippen LogP contribution is 2.38. The lowest BCUT2D eigenvalue weighted by molar-refractivity contribution is 0.0734. The lowest BCUT2D eigenvalue weighted by Crippen LogP contribution is -2.14. The predicted molar refractivity (Wildman–Crippen MR) is 144 cm³/mol. The molecule has 3 rings (SSSR count). The van der Waals surface area contributed by atoms with Gasteiger partial charge in [-0.15, -0.1) is 0 Å². The van der Waals surface area contributed by atoms with Crippen LogP contribution in [0.15, 0.2) is 42.5 Å². The zero-order valence-electron chi connectivity index (χ0n) is 21.9. The summed E-state index contributed by atoms with van der Waals surface area (Å²) in [4.78, 5) is 12.6. The summed E-state index contributed by atoms with van der Waals surface area (Å²) in [6, 6.07) is 15.5. The summed E-state index contributed by atoms with van der Waals surface area (Å²) in [5, 5.41) is 9.39. The van der Waals surface area contributed by atoms with E-state index in [1.165, 1.54) is 89.0 Å². The van der Waals surface area contributed by atoms with Gasteiger partial charge in [-0.3, -0.25) is 0 Å². The minimum atomic E-state index is -0.411. The van der Waals surface area contributed by atoms with E-state index in [1.54, 1.807) is 12.1 Å². The number of hydrogen-bond donors (Lipinski definition) is 0. The molecule has 0 N–H and O–H groups in total. The zero-order chi connectivity index (χ0) is 24.9. The smallest absolute Gasteiger partial charge is 0.343 e. The molecule has 1 aliphatic rings. The zero-order valence-corrected chi connectivity index (χ0v) is 21.9. The molecular formula is C32H43NO2. The topological polar surface area (TPSA) is 50.1 Å². The highest BCUT2D eigenvalue weighted by molar-refractivity contribution is 5.91. The number of unbranched alkanes of at least 4 members (excludes halogenated alkanes) is 7. The Morgan fingerprint density at radius 1 is 0.886 bits per heavy atom. The van der Waals surface area contributed by atoms with Crippen LogP contribution in [0.1, 0.15) is 130 Å². The number of rotatable bonds is 13. The average Bonchev–Trinajstić information content (AvgIpc) is 2.91.